The van der Waals surface area contributed by atoms with Crippen molar-refractivity contribution in [2.75, 3.05) is 26.4 Å². The monoisotopic (exact) mass is 973 g/mol. The van der Waals surface area contributed by atoms with Crippen LogP contribution in [-0.2, 0) is 14.4 Å². The molecule has 0 saturated heterocycles. The van der Waals surface area contributed by atoms with Crippen LogP contribution < -0.4 is 0 Å². The zero-order valence-corrected chi connectivity index (χ0v) is 45.1. The highest BCUT2D eigenvalue weighted by molar-refractivity contribution is 5.67. The van der Waals surface area contributed by atoms with E-state index >= 15 is 0 Å². The lowest BCUT2D eigenvalue weighted by Crippen LogP contribution is -1.93. The molecule has 0 fully saturated rings. The normalized spacial score (nSPS) is 10.7. The van der Waals surface area contributed by atoms with Crippen molar-refractivity contribution in [3.8, 4) is 0 Å². The molecule has 0 rings (SSSR count). The minimum atomic E-state index is -0.664. The van der Waals surface area contributed by atoms with Gasteiger partial charge < -0.3 is 35.7 Å². The molecule has 0 aliphatic rings. The van der Waals surface area contributed by atoms with Gasteiger partial charge in [0, 0.05) is 19.3 Å². The number of carboxylic acids is 3. The van der Waals surface area contributed by atoms with Crippen LogP contribution in [0, 0.1) is 0 Å². The number of aliphatic carboxylic acids is 3. The Morgan fingerprint density at radius 1 is 0.250 bits per heavy atom. The van der Waals surface area contributed by atoms with Gasteiger partial charge in [-0.1, -0.05) is 238 Å². The maximum Gasteiger partial charge on any atom is 0.303 e. The Hall–Kier alpha value is -2.27. The third-order valence-electron chi connectivity index (χ3n) is 11.5. The van der Waals surface area contributed by atoms with E-state index in [1.165, 1.54) is 225 Å². The summed E-state index contributed by atoms with van der Waals surface area (Å²) in [5.74, 6) is -1.98. The molecular weight excluding hydrogens is 857 g/mol. The number of aliphatic hydroxyl groups is 4. The molecule has 0 aromatic heterocycles. The summed E-state index contributed by atoms with van der Waals surface area (Å²) < 4.78 is 0. The first-order chi connectivity index (χ1) is 33.1. The lowest BCUT2D eigenvalue weighted by Gasteiger charge is -2.03. The molecule has 0 heterocycles. The van der Waals surface area contributed by atoms with E-state index in [9.17, 15) is 14.4 Å². The minimum Gasteiger partial charge on any atom is -0.481 e. The van der Waals surface area contributed by atoms with Crippen LogP contribution in [0.25, 0.3) is 0 Å². The molecule has 0 atom stereocenters. The van der Waals surface area contributed by atoms with Crippen LogP contribution in [0.4, 0.5) is 0 Å². The molecule has 0 unspecified atom stereocenters. The molecule has 10 nitrogen and oxygen atoms in total. The van der Waals surface area contributed by atoms with Gasteiger partial charge in [0.1, 0.15) is 0 Å². The van der Waals surface area contributed by atoms with Gasteiger partial charge >= 0.3 is 17.9 Å². The summed E-state index contributed by atoms with van der Waals surface area (Å²) in [6.07, 6.45) is 62.7. The number of hydrogen-bond acceptors (Lipinski definition) is 7. The fourth-order valence-corrected chi connectivity index (χ4v) is 7.34. The second-order valence-electron chi connectivity index (χ2n) is 18.4. The Bertz CT molecular complexity index is 913. The first-order valence-electron chi connectivity index (χ1n) is 28.5. The van der Waals surface area contributed by atoms with Gasteiger partial charge in [0.15, 0.2) is 0 Å². The van der Waals surface area contributed by atoms with Crippen molar-refractivity contribution in [1.82, 2.24) is 0 Å². The number of aliphatic hydroxyl groups excluding tert-OH is 4. The lowest BCUT2D eigenvalue weighted by atomic mass is 10.0. The van der Waals surface area contributed by atoms with Crippen LogP contribution in [0.5, 0.6) is 0 Å². The lowest BCUT2D eigenvalue weighted by molar-refractivity contribution is -0.138. The summed E-state index contributed by atoms with van der Waals surface area (Å²) in [4.78, 5) is 31.0. The van der Waals surface area contributed by atoms with Gasteiger partial charge in [-0.2, -0.15) is 0 Å². The van der Waals surface area contributed by atoms with Gasteiger partial charge in [0.25, 0.3) is 0 Å². The highest BCUT2D eigenvalue weighted by Crippen LogP contribution is 2.15. The molecule has 0 amide bonds. The third kappa shape index (κ3) is 97.4. The Balaban J connectivity index is -0.000000269. The molecule has 0 bridgehead atoms. The summed E-state index contributed by atoms with van der Waals surface area (Å²) >= 11 is 0. The van der Waals surface area contributed by atoms with Crippen molar-refractivity contribution in [2.45, 2.75) is 303 Å². The molecule has 0 aromatic carbocycles. The van der Waals surface area contributed by atoms with Gasteiger partial charge in [0.2, 0.25) is 0 Å². The first-order valence-corrected chi connectivity index (χ1v) is 28.5. The van der Waals surface area contributed by atoms with Crippen molar-refractivity contribution in [1.29, 1.82) is 0 Å². The number of hydrogen-bond donors (Lipinski definition) is 7. The molecule has 0 saturated carbocycles. The Morgan fingerprint density at radius 2 is 0.397 bits per heavy atom. The molecule has 10 heteroatoms. The average molecular weight is 974 g/mol. The number of carbonyl (C=O) groups is 3. The van der Waals surface area contributed by atoms with E-state index in [2.05, 4.69) is 45.1 Å². The molecule has 0 radical (unpaired) electrons. The number of rotatable bonds is 48. The largest absolute Gasteiger partial charge is 0.481 e. The summed E-state index contributed by atoms with van der Waals surface area (Å²) in [7, 11) is 0. The highest BCUT2D eigenvalue weighted by atomic mass is 16.4. The number of allylic oxidation sites excluding steroid dienone is 4. The summed E-state index contributed by atoms with van der Waals surface area (Å²) in [6.45, 7) is 6.29. The van der Waals surface area contributed by atoms with Crippen LogP contribution in [0.3, 0.4) is 0 Å². The first kappa shape index (κ1) is 74.7. The molecule has 0 aliphatic carbocycles. The molecule has 7 N–H and O–H groups in total. The smallest absolute Gasteiger partial charge is 0.303 e. The molecule has 0 aliphatic heterocycles. The van der Waals surface area contributed by atoms with E-state index in [-0.39, 0.29) is 26.4 Å². The van der Waals surface area contributed by atoms with E-state index < -0.39 is 17.9 Å². The van der Waals surface area contributed by atoms with Gasteiger partial charge in [0.05, 0.1) is 26.4 Å². The van der Waals surface area contributed by atoms with Crippen LogP contribution in [0.2, 0.25) is 0 Å². The van der Waals surface area contributed by atoms with E-state index in [0.717, 1.165) is 38.5 Å². The van der Waals surface area contributed by atoms with Crippen LogP contribution in [0.1, 0.15) is 303 Å². The second-order valence-corrected chi connectivity index (χ2v) is 18.4. The van der Waals surface area contributed by atoms with Crippen molar-refractivity contribution in [2.24, 2.45) is 0 Å². The maximum absolute atomic E-state index is 10.3. The summed E-state index contributed by atoms with van der Waals surface area (Å²) in [5, 5.41) is 56.0. The van der Waals surface area contributed by atoms with Crippen molar-refractivity contribution < 1.29 is 50.1 Å². The minimum absolute atomic E-state index is 0.125. The second kappa shape index (κ2) is 76.2. The van der Waals surface area contributed by atoms with Gasteiger partial charge in [-0.15, -0.1) is 0 Å². The van der Waals surface area contributed by atoms with Gasteiger partial charge in [-0.25, -0.2) is 0 Å². The Kier molecular flexibility index (Phi) is 83.7. The topological polar surface area (TPSA) is 193 Å². The van der Waals surface area contributed by atoms with Crippen LogP contribution >= 0.6 is 0 Å². The Labute approximate surface area is 420 Å². The van der Waals surface area contributed by atoms with Crippen molar-refractivity contribution >= 4 is 17.9 Å². The molecular formula is C58H116O10. The zero-order chi connectivity index (χ0) is 51.5. The Morgan fingerprint density at radius 3 is 0.544 bits per heavy atom. The third-order valence-corrected chi connectivity index (χ3v) is 11.5. The fourth-order valence-electron chi connectivity index (χ4n) is 7.34. The van der Waals surface area contributed by atoms with Gasteiger partial charge in [-0.3, -0.25) is 14.4 Å². The quantitative estimate of drug-likeness (QED) is 0.0228. The van der Waals surface area contributed by atoms with E-state index in [0.29, 0.717) is 19.3 Å². The van der Waals surface area contributed by atoms with Crippen molar-refractivity contribution in [3.63, 3.8) is 0 Å². The zero-order valence-electron chi connectivity index (χ0n) is 45.1. The standard InChI is InChI=1S/C18H36O2.2C18H34O2.2C2H6O2/c3*1-2-3-4-5-6-7-8-9-10-11-12-13-14-15-16-17-18(19)20;2*3-1-2-4/h2-17H2,1H3,(H,19,20);2*9-10H,2-8,11-17H2,1H3,(H,19,20);2*3-4H,1-2H2/b;2*10-9-;;. The fraction of sp³-hybridized carbons (Fsp3) is 0.879. The van der Waals surface area contributed by atoms with Crippen LogP contribution in [-0.4, -0.2) is 80.1 Å². The molecule has 0 aromatic rings. The van der Waals surface area contributed by atoms with E-state index in [1.807, 2.05) is 0 Å². The average Bonchev–Trinajstić information content (AvgIpc) is 3.33. The SMILES string of the molecule is CCCCCCCC/C=C\CCCCCCCC(=O)O.CCCCCCCC/C=C\CCCCCCCC(=O)O.CCCCCCCCCCCCCCCCCC(=O)O.OCCO.OCCO. The van der Waals surface area contributed by atoms with E-state index in [1.54, 1.807) is 0 Å². The predicted molar refractivity (Wildman–Crippen MR) is 290 cm³/mol. The van der Waals surface area contributed by atoms with E-state index in [4.69, 9.17) is 35.7 Å². The summed E-state index contributed by atoms with van der Waals surface area (Å²) in [6, 6.07) is 0. The summed E-state index contributed by atoms with van der Waals surface area (Å²) in [5.41, 5.74) is 0. The van der Waals surface area contributed by atoms with Crippen molar-refractivity contribution in [3.05, 3.63) is 24.3 Å². The predicted octanol–water partition coefficient (Wildman–Crippen LogP) is 16.5. The maximum atomic E-state index is 10.3. The molecule has 68 heavy (non-hydrogen) atoms. The van der Waals surface area contributed by atoms with Crippen LogP contribution in [0.15, 0.2) is 24.3 Å². The highest BCUT2D eigenvalue weighted by Gasteiger charge is 1.99. The number of carboxylic acid groups (broad SMARTS) is 3. The number of unbranched alkanes of at least 4 members (excludes halogenated alkanes) is 36. The van der Waals surface area contributed by atoms with Gasteiger partial charge in [-0.05, 0) is 70.6 Å². The molecule has 0 spiro atoms. The molecule has 408 valence electrons.